The zero-order valence-corrected chi connectivity index (χ0v) is 11.7. The molecule has 0 amide bonds. The van der Waals surface area contributed by atoms with E-state index in [1.807, 2.05) is 6.92 Å². The number of rotatable bonds is 3. The zero-order valence-electron chi connectivity index (χ0n) is 11.7. The van der Waals surface area contributed by atoms with Crippen LogP contribution in [0.4, 0.5) is 11.6 Å². The van der Waals surface area contributed by atoms with Crippen LogP contribution in [0.2, 0.25) is 0 Å². The van der Waals surface area contributed by atoms with Crippen molar-refractivity contribution in [2.45, 2.75) is 58.9 Å². The molecule has 1 aliphatic carbocycles. The van der Waals surface area contributed by atoms with Gasteiger partial charge < -0.3 is 11.1 Å². The van der Waals surface area contributed by atoms with Crippen molar-refractivity contribution in [2.75, 3.05) is 11.1 Å². The fourth-order valence-electron chi connectivity index (χ4n) is 2.48. The van der Waals surface area contributed by atoms with Crippen molar-refractivity contribution in [3.63, 3.8) is 0 Å². The van der Waals surface area contributed by atoms with E-state index < -0.39 is 0 Å². The largest absolute Gasteiger partial charge is 0.383 e. The van der Waals surface area contributed by atoms with E-state index in [0.29, 0.717) is 11.9 Å². The first-order valence-electron chi connectivity index (χ1n) is 6.99. The van der Waals surface area contributed by atoms with Crippen LogP contribution in [-0.2, 0) is 6.42 Å². The van der Waals surface area contributed by atoms with Gasteiger partial charge in [0.05, 0.1) is 0 Å². The van der Waals surface area contributed by atoms with Crippen LogP contribution in [0.15, 0.2) is 0 Å². The molecule has 4 nitrogen and oxygen atoms in total. The Morgan fingerprint density at radius 2 is 1.89 bits per heavy atom. The standard InChI is InChI=1S/C14H24N4/c1-4-12-17-13(15)10(3)14(18-12)16-11-7-5-9(2)6-8-11/h9,11H,4-8H2,1-3H3,(H3,15,16,17,18). The van der Waals surface area contributed by atoms with E-state index in [-0.39, 0.29) is 0 Å². The van der Waals surface area contributed by atoms with Crippen LogP contribution >= 0.6 is 0 Å². The topological polar surface area (TPSA) is 63.8 Å². The first-order chi connectivity index (χ1) is 8.60. The van der Waals surface area contributed by atoms with Crippen molar-refractivity contribution >= 4 is 11.6 Å². The molecule has 1 aromatic rings. The lowest BCUT2D eigenvalue weighted by Crippen LogP contribution is -2.26. The summed E-state index contributed by atoms with van der Waals surface area (Å²) in [5, 5.41) is 3.55. The molecule has 1 saturated carbocycles. The fraction of sp³-hybridized carbons (Fsp3) is 0.714. The summed E-state index contributed by atoms with van der Waals surface area (Å²) in [5.74, 6) is 3.23. The van der Waals surface area contributed by atoms with E-state index in [1.54, 1.807) is 0 Å². The molecule has 0 spiro atoms. The minimum Gasteiger partial charge on any atom is -0.383 e. The molecule has 0 bridgehead atoms. The molecule has 0 unspecified atom stereocenters. The lowest BCUT2D eigenvalue weighted by Gasteiger charge is -2.28. The summed E-state index contributed by atoms with van der Waals surface area (Å²) in [6, 6.07) is 0.541. The summed E-state index contributed by atoms with van der Waals surface area (Å²) in [6.07, 6.45) is 5.88. The second kappa shape index (κ2) is 5.55. The SMILES string of the molecule is CCc1nc(N)c(C)c(NC2CCC(C)CC2)n1. The maximum atomic E-state index is 5.93. The third-order valence-corrected chi connectivity index (χ3v) is 3.90. The number of aryl methyl sites for hydroxylation is 1. The normalized spacial score (nSPS) is 23.9. The van der Waals surface area contributed by atoms with Gasteiger partial charge in [-0.05, 0) is 38.5 Å². The Morgan fingerprint density at radius 1 is 1.22 bits per heavy atom. The second-order valence-corrected chi connectivity index (χ2v) is 5.45. The lowest BCUT2D eigenvalue weighted by atomic mass is 9.87. The molecule has 0 atom stereocenters. The molecule has 1 fully saturated rings. The van der Waals surface area contributed by atoms with Gasteiger partial charge in [0, 0.05) is 18.0 Å². The molecule has 18 heavy (non-hydrogen) atoms. The van der Waals surface area contributed by atoms with Crippen LogP contribution < -0.4 is 11.1 Å². The third kappa shape index (κ3) is 2.92. The van der Waals surface area contributed by atoms with Crippen LogP contribution in [-0.4, -0.2) is 16.0 Å². The first-order valence-corrected chi connectivity index (χ1v) is 6.99. The lowest BCUT2D eigenvalue weighted by molar-refractivity contribution is 0.360. The quantitative estimate of drug-likeness (QED) is 0.863. The summed E-state index contributed by atoms with van der Waals surface area (Å²) in [5.41, 5.74) is 6.91. The van der Waals surface area contributed by atoms with Crippen molar-refractivity contribution < 1.29 is 0 Å². The van der Waals surface area contributed by atoms with Crippen molar-refractivity contribution in [1.29, 1.82) is 0 Å². The Labute approximate surface area is 109 Å². The Kier molecular flexibility index (Phi) is 4.04. The molecule has 0 saturated heterocycles. The predicted molar refractivity (Wildman–Crippen MR) is 75.6 cm³/mol. The van der Waals surface area contributed by atoms with Crippen LogP contribution in [0.5, 0.6) is 0 Å². The molecule has 3 N–H and O–H groups in total. The zero-order chi connectivity index (χ0) is 13.1. The number of hydrogen-bond donors (Lipinski definition) is 2. The van der Waals surface area contributed by atoms with Gasteiger partial charge in [0.15, 0.2) is 0 Å². The van der Waals surface area contributed by atoms with E-state index in [2.05, 4.69) is 29.1 Å². The van der Waals surface area contributed by atoms with Crippen LogP contribution in [0.3, 0.4) is 0 Å². The maximum absolute atomic E-state index is 5.93. The first kappa shape index (κ1) is 13.1. The predicted octanol–water partition coefficient (Wildman–Crippen LogP) is 2.92. The number of hydrogen-bond acceptors (Lipinski definition) is 4. The number of nitrogens with zero attached hydrogens (tertiary/aromatic N) is 2. The minimum absolute atomic E-state index is 0.541. The molecular weight excluding hydrogens is 224 g/mol. The monoisotopic (exact) mass is 248 g/mol. The molecule has 1 aromatic heterocycles. The van der Waals surface area contributed by atoms with Gasteiger partial charge in [0.2, 0.25) is 0 Å². The van der Waals surface area contributed by atoms with Crippen LogP contribution in [0.25, 0.3) is 0 Å². The molecule has 2 rings (SSSR count). The molecule has 1 heterocycles. The number of nitrogens with one attached hydrogen (secondary N) is 1. The molecule has 4 heteroatoms. The highest BCUT2D eigenvalue weighted by atomic mass is 15.1. The van der Waals surface area contributed by atoms with Gasteiger partial charge in [0.25, 0.3) is 0 Å². The number of aromatic nitrogens is 2. The highest BCUT2D eigenvalue weighted by Crippen LogP contribution is 2.27. The van der Waals surface area contributed by atoms with Crippen LogP contribution in [0.1, 0.15) is 50.9 Å². The van der Waals surface area contributed by atoms with Gasteiger partial charge in [-0.25, -0.2) is 9.97 Å². The van der Waals surface area contributed by atoms with Gasteiger partial charge >= 0.3 is 0 Å². The van der Waals surface area contributed by atoms with Crippen molar-refractivity contribution in [3.8, 4) is 0 Å². The van der Waals surface area contributed by atoms with Gasteiger partial charge in [-0.15, -0.1) is 0 Å². The van der Waals surface area contributed by atoms with Crippen LogP contribution in [0, 0.1) is 12.8 Å². The number of anilines is 2. The smallest absolute Gasteiger partial charge is 0.134 e. The Hall–Kier alpha value is -1.32. The fourth-order valence-corrected chi connectivity index (χ4v) is 2.48. The summed E-state index contributed by atoms with van der Waals surface area (Å²) >= 11 is 0. The molecule has 0 aliphatic heterocycles. The Morgan fingerprint density at radius 3 is 2.50 bits per heavy atom. The Balaban J connectivity index is 2.10. The van der Waals surface area contributed by atoms with E-state index in [1.165, 1.54) is 25.7 Å². The van der Waals surface area contributed by atoms with E-state index >= 15 is 0 Å². The summed E-state index contributed by atoms with van der Waals surface area (Å²) in [7, 11) is 0. The number of nitrogens with two attached hydrogens (primary N) is 1. The van der Waals surface area contributed by atoms with Crippen molar-refractivity contribution in [1.82, 2.24) is 9.97 Å². The highest BCUT2D eigenvalue weighted by Gasteiger charge is 2.19. The second-order valence-electron chi connectivity index (χ2n) is 5.45. The van der Waals surface area contributed by atoms with E-state index in [0.717, 1.165) is 29.5 Å². The highest BCUT2D eigenvalue weighted by molar-refractivity contribution is 5.55. The maximum Gasteiger partial charge on any atom is 0.134 e. The third-order valence-electron chi connectivity index (χ3n) is 3.90. The van der Waals surface area contributed by atoms with Gasteiger partial charge in [-0.1, -0.05) is 13.8 Å². The average molecular weight is 248 g/mol. The molecule has 0 aromatic carbocycles. The average Bonchev–Trinajstić information content (AvgIpc) is 2.37. The van der Waals surface area contributed by atoms with Crippen molar-refractivity contribution in [3.05, 3.63) is 11.4 Å². The molecule has 0 radical (unpaired) electrons. The van der Waals surface area contributed by atoms with E-state index in [9.17, 15) is 0 Å². The van der Waals surface area contributed by atoms with Gasteiger partial charge in [-0.2, -0.15) is 0 Å². The minimum atomic E-state index is 0.541. The van der Waals surface area contributed by atoms with E-state index in [4.69, 9.17) is 5.73 Å². The summed E-state index contributed by atoms with van der Waals surface area (Å²) in [6.45, 7) is 6.37. The number of nitrogen functional groups attached to an aromatic ring is 1. The molecule has 1 aliphatic rings. The molecular formula is C14H24N4. The van der Waals surface area contributed by atoms with Crippen molar-refractivity contribution in [2.24, 2.45) is 5.92 Å². The van der Waals surface area contributed by atoms with Gasteiger partial charge in [-0.3, -0.25) is 0 Å². The molecule has 100 valence electrons. The summed E-state index contributed by atoms with van der Waals surface area (Å²) < 4.78 is 0. The van der Waals surface area contributed by atoms with Gasteiger partial charge in [0.1, 0.15) is 17.5 Å². The Bertz CT molecular complexity index is 409. The summed E-state index contributed by atoms with van der Waals surface area (Å²) in [4.78, 5) is 8.85.